The molecule has 0 unspecified atom stereocenters. The SMILES string of the molecule is CCOC(=O)/C=C(\C(=O)OCC)c1ccc2nc(C)ccc2c1. The summed E-state index contributed by atoms with van der Waals surface area (Å²) in [5.41, 5.74) is 2.51. The third kappa shape index (κ3) is 4.16. The monoisotopic (exact) mass is 313 g/mol. The van der Waals surface area contributed by atoms with Gasteiger partial charge in [0.05, 0.1) is 24.3 Å². The zero-order chi connectivity index (χ0) is 16.8. The van der Waals surface area contributed by atoms with Gasteiger partial charge in [0.25, 0.3) is 0 Å². The lowest BCUT2D eigenvalue weighted by Gasteiger charge is -2.09. The highest BCUT2D eigenvalue weighted by atomic mass is 16.5. The van der Waals surface area contributed by atoms with Crippen LogP contribution in [0.2, 0.25) is 0 Å². The Morgan fingerprint density at radius 1 is 1.09 bits per heavy atom. The van der Waals surface area contributed by atoms with E-state index in [2.05, 4.69) is 4.98 Å². The van der Waals surface area contributed by atoms with Crippen LogP contribution in [-0.2, 0) is 19.1 Å². The summed E-state index contributed by atoms with van der Waals surface area (Å²) in [6, 6.07) is 9.19. The van der Waals surface area contributed by atoms with Crippen LogP contribution in [0, 0.1) is 6.92 Å². The molecule has 23 heavy (non-hydrogen) atoms. The van der Waals surface area contributed by atoms with E-state index in [1.807, 2.05) is 31.2 Å². The van der Waals surface area contributed by atoms with E-state index in [0.717, 1.165) is 16.6 Å². The van der Waals surface area contributed by atoms with Crippen LogP contribution in [0.5, 0.6) is 0 Å². The first kappa shape index (κ1) is 16.7. The molecule has 2 aromatic rings. The molecule has 0 spiro atoms. The topological polar surface area (TPSA) is 65.5 Å². The third-order valence-electron chi connectivity index (χ3n) is 3.18. The van der Waals surface area contributed by atoms with E-state index < -0.39 is 11.9 Å². The molecule has 0 bridgehead atoms. The maximum atomic E-state index is 12.2. The van der Waals surface area contributed by atoms with Crippen LogP contribution in [-0.4, -0.2) is 30.1 Å². The van der Waals surface area contributed by atoms with Gasteiger partial charge in [0.1, 0.15) is 0 Å². The van der Waals surface area contributed by atoms with Crippen molar-refractivity contribution in [3.8, 4) is 0 Å². The lowest BCUT2D eigenvalue weighted by Crippen LogP contribution is -2.10. The number of esters is 2. The van der Waals surface area contributed by atoms with Crippen LogP contribution < -0.4 is 0 Å². The van der Waals surface area contributed by atoms with Crippen molar-refractivity contribution in [2.24, 2.45) is 0 Å². The fraction of sp³-hybridized carbons (Fsp3) is 0.278. The molecule has 0 amide bonds. The molecule has 0 N–H and O–H groups in total. The number of ether oxygens (including phenoxy) is 2. The molecule has 5 heteroatoms. The first-order valence-corrected chi connectivity index (χ1v) is 7.48. The van der Waals surface area contributed by atoms with Gasteiger partial charge in [0.2, 0.25) is 0 Å². The van der Waals surface area contributed by atoms with Crippen LogP contribution >= 0.6 is 0 Å². The van der Waals surface area contributed by atoms with Crippen LogP contribution in [0.1, 0.15) is 25.1 Å². The number of aromatic nitrogens is 1. The number of carbonyl (C=O) groups is 2. The number of aryl methyl sites for hydroxylation is 1. The quantitative estimate of drug-likeness (QED) is 0.627. The Kier molecular flexibility index (Phi) is 5.46. The van der Waals surface area contributed by atoms with Gasteiger partial charge in [-0.15, -0.1) is 0 Å². The predicted octanol–water partition coefficient (Wildman–Crippen LogP) is 3.05. The number of pyridine rings is 1. The van der Waals surface area contributed by atoms with Gasteiger partial charge in [-0.25, -0.2) is 9.59 Å². The van der Waals surface area contributed by atoms with Crippen molar-refractivity contribution in [1.82, 2.24) is 4.98 Å². The lowest BCUT2D eigenvalue weighted by molar-refractivity contribution is -0.139. The van der Waals surface area contributed by atoms with Gasteiger partial charge in [0, 0.05) is 17.2 Å². The summed E-state index contributed by atoms with van der Waals surface area (Å²) in [5.74, 6) is -1.13. The summed E-state index contributed by atoms with van der Waals surface area (Å²) in [6.07, 6.45) is 1.17. The van der Waals surface area contributed by atoms with E-state index in [1.165, 1.54) is 6.08 Å². The molecule has 0 atom stereocenters. The van der Waals surface area contributed by atoms with Gasteiger partial charge < -0.3 is 9.47 Å². The molecule has 0 aliphatic carbocycles. The first-order valence-electron chi connectivity index (χ1n) is 7.48. The minimum atomic E-state index is -0.572. The highest BCUT2D eigenvalue weighted by Gasteiger charge is 2.16. The number of carbonyl (C=O) groups excluding carboxylic acids is 2. The van der Waals surface area contributed by atoms with Gasteiger partial charge in [0.15, 0.2) is 0 Å². The molecule has 0 saturated carbocycles. The van der Waals surface area contributed by atoms with Gasteiger partial charge in [-0.3, -0.25) is 4.98 Å². The molecule has 0 aliphatic heterocycles. The van der Waals surface area contributed by atoms with Crippen LogP contribution in [0.25, 0.3) is 16.5 Å². The summed E-state index contributed by atoms with van der Waals surface area (Å²) < 4.78 is 9.93. The van der Waals surface area contributed by atoms with Crippen LogP contribution in [0.3, 0.4) is 0 Å². The van der Waals surface area contributed by atoms with E-state index in [0.29, 0.717) is 5.56 Å². The lowest BCUT2D eigenvalue weighted by atomic mass is 10.0. The van der Waals surface area contributed by atoms with E-state index in [1.54, 1.807) is 19.9 Å². The fourth-order valence-electron chi connectivity index (χ4n) is 2.17. The van der Waals surface area contributed by atoms with Gasteiger partial charge in [-0.05, 0) is 44.5 Å². The molecule has 0 saturated heterocycles. The number of benzene rings is 1. The zero-order valence-electron chi connectivity index (χ0n) is 13.5. The molecule has 2 rings (SSSR count). The highest BCUT2D eigenvalue weighted by Crippen LogP contribution is 2.22. The number of fused-ring (bicyclic) bond motifs is 1. The van der Waals surface area contributed by atoms with Gasteiger partial charge in [-0.1, -0.05) is 12.1 Å². The van der Waals surface area contributed by atoms with Crippen molar-refractivity contribution < 1.29 is 19.1 Å². The minimum absolute atomic E-state index is 0.174. The van der Waals surface area contributed by atoms with Crippen molar-refractivity contribution in [2.45, 2.75) is 20.8 Å². The van der Waals surface area contributed by atoms with Crippen molar-refractivity contribution >= 4 is 28.4 Å². The third-order valence-corrected chi connectivity index (χ3v) is 3.18. The van der Waals surface area contributed by atoms with Crippen LogP contribution in [0.15, 0.2) is 36.4 Å². The highest BCUT2D eigenvalue weighted by molar-refractivity contribution is 6.21. The fourth-order valence-corrected chi connectivity index (χ4v) is 2.17. The zero-order valence-corrected chi connectivity index (χ0v) is 13.5. The normalized spacial score (nSPS) is 11.3. The van der Waals surface area contributed by atoms with Crippen molar-refractivity contribution in [3.63, 3.8) is 0 Å². The molecule has 1 heterocycles. The molecule has 120 valence electrons. The Balaban J connectivity index is 2.47. The molecule has 0 fully saturated rings. The largest absolute Gasteiger partial charge is 0.463 e. The van der Waals surface area contributed by atoms with E-state index in [4.69, 9.17) is 9.47 Å². The molecule has 1 aromatic heterocycles. The summed E-state index contributed by atoms with van der Waals surface area (Å²) >= 11 is 0. The number of hydrogen-bond donors (Lipinski definition) is 0. The minimum Gasteiger partial charge on any atom is -0.463 e. The number of hydrogen-bond acceptors (Lipinski definition) is 5. The molecular formula is C18H19NO4. The number of nitrogens with zero attached hydrogens (tertiary/aromatic N) is 1. The second-order valence-electron chi connectivity index (χ2n) is 4.89. The van der Waals surface area contributed by atoms with Crippen molar-refractivity contribution in [3.05, 3.63) is 47.7 Å². The smallest absolute Gasteiger partial charge is 0.338 e. The second kappa shape index (κ2) is 7.54. The maximum Gasteiger partial charge on any atom is 0.338 e. The molecule has 5 nitrogen and oxygen atoms in total. The average molecular weight is 313 g/mol. The van der Waals surface area contributed by atoms with Crippen molar-refractivity contribution in [2.75, 3.05) is 13.2 Å². The molecule has 0 aliphatic rings. The summed E-state index contributed by atoms with van der Waals surface area (Å²) in [6.45, 7) is 5.81. The van der Waals surface area contributed by atoms with E-state index in [9.17, 15) is 9.59 Å². The number of rotatable bonds is 5. The van der Waals surface area contributed by atoms with E-state index >= 15 is 0 Å². The van der Waals surface area contributed by atoms with Gasteiger partial charge in [-0.2, -0.15) is 0 Å². The average Bonchev–Trinajstić information content (AvgIpc) is 2.52. The maximum absolute atomic E-state index is 12.2. The Morgan fingerprint density at radius 3 is 2.52 bits per heavy atom. The van der Waals surface area contributed by atoms with Gasteiger partial charge >= 0.3 is 11.9 Å². The Bertz CT molecular complexity index is 765. The summed E-state index contributed by atoms with van der Waals surface area (Å²) in [5, 5.41) is 0.882. The van der Waals surface area contributed by atoms with E-state index in [-0.39, 0.29) is 18.8 Å². The summed E-state index contributed by atoms with van der Waals surface area (Å²) in [4.78, 5) is 28.3. The molecule has 0 radical (unpaired) electrons. The molecular weight excluding hydrogens is 294 g/mol. The first-order chi connectivity index (χ1) is 11.0. The Hall–Kier alpha value is -2.69. The second-order valence-corrected chi connectivity index (χ2v) is 4.89. The Labute approximate surface area is 134 Å². The van der Waals surface area contributed by atoms with Crippen molar-refractivity contribution in [1.29, 1.82) is 0 Å². The predicted molar refractivity (Wildman–Crippen MR) is 87.7 cm³/mol. The Morgan fingerprint density at radius 2 is 1.83 bits per heavy atom. The summed E-state index contributed by atoms with van der Waals surface area (Å²) in [7, 11) is 0. The standard InChI is InChI=1S/C18H19NO4/c1-4-22-17(20)11-15(18(21)23-5-2)13-8-9-16-14(10-13)7-6-12(3)19-16/h6-11H,4-5H2,1-3H3/b15-11-. The molecule has 1 aromatic carbocycles. The van der Waals surface area contributed by atoms with Crippen LogP contribution in [0.4, 0.5) is 0 Å².